The van der Waals surface area contributed by atoms with Crippen molar-refractivity contribution in [2.45, 2.75) is 26.9 Å². The van der Waals surface area contributed by atoms with Crippen LogP contribution in [0.1, 0.15) is 33.9 Å². The second-order valence-electron chi connectivity index (χ2n) is 5.20. The first-order valence-corrected chi connectivity index (χ1v) is 6.64. The van der Waals surface area contributed by atoms with Crippen molar-refractivity contribution >= 4 is 0 Å². The van der Waals surface area contributed by atoms with Crippen molar-refractivity contribution in [2.24, 2.45) is 0 Å². The summed E-state index contributed by atoms with van der Waals surface area (Å²) < 4.78 is 32.5. The number of aryl methyl sites for hydroxylation is 3. The van der Waals surface area contributed by atoms with Gasteiger partial charge in [-0.15, -0.1) is 0 Å². The molecule has 0 aliphatic carbocycles. The Kier molecular flexibility index (Phi) is 4.28. The molecule has 1 atom stereocenters. The smallest absolute Gasteiger partial charge is 0.132 e. The third kappa shape index (κ3) is 2.90. The van der Waals surface area contributed by atoms with Gasteiger partial charge in [-0.1, -0.05) is 0 Å². The summed E-state index contributed by atoms with van der Waals surface area (Å²) in [6, 6.07) is 5.70. The lowest BCUT2D eigenvalue weighted by Crippen LogP contribution is -2.07. The Morgan fingerprint density at radius 3 is 2.10 bits per heavy atom. The Bertz CT molecular complexity index is 681. The van der Waals surface area contributed by atoms with Crippen LogP contribution >= 0.6 is 0 Å². The van der Waals surface area contributed by atoms with Crippen LogP contribution < -0.4 is 4.74 Å². The van der Waals surface area contributed by atoms with Crippen molar-refractivity contribution < 1.29 is 18.6 Å². The molecular weight excluding hydrogens is 274 g/mol. The highest BCUT2D eigenvalue weighted by atomic mass is 19.1. The van der Waals surface area contributed by atoms with E-state index >= 15 is 0 Å². The minimum atomic E-state index is -1.14. The molecule has 0 aliphatic heterocycles. The monoisotopic (exact) mass is 292 g/mol. The highest BCUT2D eigenvalue weighted by Crippen LogP contribution is 2.32. The van der Waals surface area contributed by atoms with Gasteiger partial charge in [-0.25, -0.2) is 8.78 Å². The molecule has 0 bridgehead atoms. The molecule has 1 N–H and O–H groups in total. The number of benzene rings is 2. The van der Waals surface area contributed by atoms with Gasteiger partial charge in [0.15, 0.2) is 0 Å². The molecule has 0 aromatic heterocycles. The summed E-state index contributed by atoms with van der Waals surface area (Å²) in [6.45, 7) is 5.20. The van der Waals surface area contributed by atoms with E-state index in [9.17, 15) is 13.9 Å². The summed E-state index contributed by atoms with van der Waals surface area (Å²) in [4.78, 5) is 0. The molecule has 0 fully saturated rings. The fraction of sp³-hybridized carbons (Fsp3) is 0.294. The van der Waals surface area contributed by atoms with Gasteiger partial charge in [-0.2, -0.15) is 0 Å². The van der Waals surface area contributed by atoms with Crippen molar-refractivity contribution in [1.29, 1.82) is 0 Å². The molecule has 0 saturated carbocycles. The van der Waals surface area contributed by atoms with E-state index in [1.807, 2.05) is 13.8 Å². The van der Waals surface area contributed by atoms with E-state index in [1.165, 1.54) is 13.0 Å². The highest BCUT2D eigenvalue weighted by Gasteiger charge is 2.20. The molecule has 0 saturated heterocycles. The summed E-state index contributed by atoms with van der Waals surface area (Å²) in [7, 11) is 1.57. The van der Waals surface area contributed by atoms with E-state index in [2.05, 4.69) is 0 Å². The van der Waals surface area contributed by atoms with E-state index in [0.717, 1.165) is 17.2 Å². The van der Waals surface area contributed by atoms with E-state index in [-0.39, 0.29) is 5.56 Å². The number of halogens is 2. The number of hydrogen-bond acceptors (Lipinski definition) is 2. The topological polar surface area (TPSA) is 29.5 Å². The molecule has 21 heavy (non-hydrogen) atoms. The van der Waals surface area contributed by atoms with Gasteiger partial charge < -0.3 is 9.84 Å². The first-order chi connectivity index (χ1) is 9.85. The van der Waals surface area contributed by atoms with Crippen molar-refractivity contribution in [1.82, 2.24) is 0 Å². The lowest BCUT2D eigenvalue weighted by Gasteiger charge is -2.18. The van der Waals surface area contributed by atoms with Crippen LogP contribution in [0.15, 0.2) is 24.3 Å². The summed E-state index contributed by atoms with van der Waals surface area (Å²) in [5, 5.41) is 10.5. The average molecular weight is 292 g/mol. The summed E-state index contributed by atoms with van der Waals surface area (Å²) in [5.41, 5.74) is 2.58. The second-order valence-corrected chi connectivity index (χ2v) is 5.20. The highest BCUT2D eigenvalue weighted by molar-refractivity contribution is 5.45. The number of hydrogen-bond donors (Lipinski definition) is 1. The molecule has 2 aromatic rings. The van der Waals surface area contributed by atoms with Crippen LogP contribution in [0.4, 0.5) is 8.78 Å². The third-order valence-corrected chi connectivity index (χ3v) is 3.65. The minimum Gasteiger partial charge on any atom is -0.496 e. The fourth-order valence-electron chi connectivity index (χ4n) is 2.38. The standard InChI is InChI=1S/C17H18F2O2/c1-9-7-16(21-4)11(3)6-12(9)17(20)13-5-10(2)14(18)8-15(13)19/h5-8,17,20H,1-4H3. The van der Waals surface area contributed by atoms with E-state index in [1.54, 1.807) is 19.2 Å². The molecule has 0 amide bonds. The summed E-state index contributed by atoms with van der Waals surface area (Å²) in [6.07, 6.45) is -1.14. The van der Waals surface area contributed by atoms with Crippen LogP contribution in [-0.4, -0.2) is 12.2 Å². The van der Waals surface area contributed by atoms with Crippen molar-refractivity contribution in [3.05, 3.63) is 63.7 Å². The van der Waals surface area contributed by atoms with Gasteiger partial charge in [0.25, 0.3) is 0 Å². The van der Waals surface area contributed by atoms with Gasteiger partial charge in [0.05, 0.1) is 7.11 Å². The number of ether oxygens (including phenoxy) is 1. The van der Waals surface area contributed by atoms with Gasteiger partial charge in [0.2, 0.25) is 0 Å². The van der Waals surface area contributed by atoms with Gasteiger partial charge in [-0.3, -0.25) is 0 Å². The van der Waals surface area contributed by atoms with Crippen LogP contribution in [0.5, 0.6) is 5.75 Å². The van der Waals surface area contributed by atoms with E-state index < -0.39 is 17.7 Å². The molecule has 0 heterocycles. The predicted molar refractivity (Wildman–Crippen MR) is 77.6 cm³/mol. The number of aliphatic hydroxyl groups excluding tert-OH is 1. The maximum Gasteiger partial charge on any atom is 0.132 e. The summed E-state index contributed by atoms with van der Waals surface area (Å²) in [5.74, 6) is -0.663. The normalized spacial score (nSPS) is 12.3. The Morgan fingerprint density at radius 1 is 0.857 bits per heavy atom. The zero-order chi connectivity index (χ0) is 15.7. The number of rotatable bonds is 3. The Morgan fingerprint density at radius 2 is 1.48 bits per heavy atom. The van der Waals surface area contributed by atoms with Crippen LogP contribution in [-0.2, 0) is 0 Å². The molecule has 2 rings (SSSR count). The van der Waals surface area contributed by atoms with E-state index in [0.29, 0.717) is 16.9 Å². The van der Waals surface area contributed by atoms with Gasteiger partial charge >= 0.3 is 0 Å². The molecule has 2 nitrogen and oxygen atoms in total. The van der Waals surface area contributed by atoms with Crippen molar-refractivity contribution in [2.75, 3.05) is 7.11 Å². The van der Waals surface area contributed by atoms with E-state index in [4.69, 9.17) is 4.74 Å². The maximum atomic E-state index is 13.9. The SMILES string of the molecule is COc1cc(C)c(C(O)c2cc(C)c(F)cc2F)cc1C. The van der Waals surface area contributed by atoms with Crippen LogP contribution in [0, 0.1) is 32.4 Å². The quantitative estimate of drug-likeness (QED) is 0.927. The van der Waals surface area contributed by atoms with Crippen LogP contribution in [0.2, 0.25) is 0 Å². The molecule has 4 heteroatoms. The average Bonchev–Trinajstić information content (AvgIpc) is 2.44. The molecule has 2 aromatic carbocycles. The van der Waals surface area contributed by atoms with Crippen LogP contribution in [0.3, 0.4) is 0 Å². The largest absolute Gasteiger partial charge is 0.496 e. The molecule has 0 spiro atoms. The Labute approximate surface area is 123 Å². The first kappa shape index (κ1) is 15.4. The third-order valence-electron chi connectivity index (χ3n) is 3.65. The zero-order valence-corrected chi connectivity index (χ0v) is 12.5. The maximum absolute atomic E-state index is 13.9. The van der Waals surface area contributed by atoms with Gasteiger partial charge in [-0.05, 0) is 61.2 Å². The molecule has 0 radical (unpaired) electrons. The van der Waals surface area contributed by atoms with Crippen molar-refractivity contribution in [3.8, 4) is 5.75 Å². The zero-order valence-electron chi connectivity index (χ0n) is 12.5. The fourth-order valence-corrected chi connectivity index (χ4v) is 2.38. The first-order valence-electron chi connectivity index (χ1n) is 6.64. The molecule has 0 aliphatic rings. The lowest BCUT2D eigenvalue weighted by molar-refractivity contribution is 0.213. The Balaban J connectivity index is 2.52. The molecule has 1 unspecified atom stereocenters. The summed E-state index contributed by atoms with van der Waals surface area (Å²) >= 11 is 0. The molecule has 112 valence electrons. The predicted octanol–water partition coefficient (Wildman–Crippen LogP) is 3.98. The Hall–Kier alpha value is -1.94. The molecular formula is C17H18F2O2. The second kappa shape index (κ2) is 5.82. The van der Waals surface area contributed by atoms with Crippen molar-refractivity contribution in [3.63, 3.8) is 0 Å². The van der Waals surface area contributed by atoms with Crippen LogP contribution in [0.25, 0.3) is 0 Å². The number of methoxy groups -OCH3 is 1. The van der Waals surface area contributed by atoms with Gasteiger partial charge in [0, 0.05) is 11.6 Å². The van der Waals surface area contributed by atoms with Gasteiger partial charge in [0.1, 0.15) is 23.5 Å². The number of aliphatic hydroxyl groups is 1. The minimum absolute atomic E-state index is 0.0709. The lowest BCUT2D eigenvalue weighted by atomic mass is 9.94.